The highest BCUT2D eigenvalue weighted by Crippen LogP contribution is 2.13. The van der Waals surface area contributed by atoms with Crippen LogP contribution >= 0.6 is 11.3 Å². The molecule has 0 amide bonds. The van der Waals surface area contributed by atoms with Gasteiger partial charge in [0, 0.05) is 31.0 Å². The largest absolute Gasteiger partial charge is 0.396 e. The molecule has 4 nitrogen and oxygen atoms in total. The summed E-state index contributed by atoms with van der Waals surface area (Å²) in [4.78, 5) is 8.78. The van der Waals surface area contributed by atoms with Gasteiger partial charge in [0.15, 0.2) is 0 Å². The second-order valence-electron chi connectivity index (χ2n) is 4.94. The van der Waals surface area contributed by atoms with E-state index in [-0.39, 0.29) is 12.5 Å². The smallest absolute Gasteiger partial charge is 0.222 e. The van der Waals surface area contributed by atoms with Gasteiger partial charge in [-0.2, -0.15) is 11.3 Å². The maximum absolute atomic E-state index is 9.47. The number of aliphatic hydroxyl groups is 1. The molecular formula is C15H21N3OS. The summed E-state index contributed by atoms with van der Waals surface area (Å²) in [7, 11) is 0. The number of aromatic nitrogens is 2. The van der Waals surface area contributed by atoms with Crippen LogP contribution < -0.4 is 5.32 Å². The molecule has 0 saturated carbocycles. The molecule has 0 fully saturated rings. The van der Waals surface area contributed by atoms with Crippen molar-refractivity contribution in [3.05, 3.63) is 39.8 Å². The fourth-order valence-electron chi connectivity index (χ4n) is 2.10. The zero-order valence-electron chi connectivity index (χ0n) is 12.0. The van der Waals surface area contributed by atoms with E-state index in [0.29, 0.717) is 12.5 Å². The van der Waals surface area contributed by atoms with Gasteiger partial charge >= 0.3 is 0 Å². The summed E-state index contributed by atoms with van der Waals surface area (Å²) in [5.74, 6) is 0.829. The first-order valence-electron chi connectivity index (χ1n) is 6.91. The lowest BCUT2D eigenvalue weighted by Gasteiger charge is -2.15. The Hall–Kier alpha value is -1.46. The number of hydrogen-bond donors (Lipinski definition) is 2. The molecule has 0 unspecified atom stereocenters. The molecule has 2 N–H and O–H groups in total. The lowest BCUT2D eigenvalue weighted by atomic mass is 10.0. The topological polar surface area (TPSA) is 58.0 Å². The minimum Gasteiger partial charge on any atom is -0.396 e. The van der Waals surface area contributed by atoms with E-state index in [1.807, 2.05) is 13.1 Å². The SMILES string of the molecule is CCc1nc(NC[C@@H](CO)Cc2ccsc2)ncc1C. The Morgan fingerprint density at radius 1 is 1.45 bits per heavy atom. The average Bonchev–Trinajstić information content (AvgIpc) is 2.97. The predicted molar refractivity (Wildman–Crippen MR) is 83.2 cm³/mol. The molecule has 0 aliphatic carbocycles. The summed E-state index contributed by atoms with van der Waals surface area (Å²) < 4.78 is 0. The van der Waals surface area contributed by atoms with Gasteiger partial charge in [-0.05, 0) is 47.7 Å². The molecule has 0 saturated heterocycles. The van der Waals surface area contributed by atoms with Gasteiger partial charge in [0.05, 0.1) is 0 Å². The highest BCUT2D eigenvalue weighted by atomic mass is 32.1. The summed E-state index contributed by atoms with van der Waals surface area (Å²) in [5.41, 5.74) is 3.46. The van der Waals surface area contributed by atoms with Crippen LogP contribution in [0, 0.1) is 12.8 Å². The van der Waals surface area contributed by atoms with E-state index < -0.39 is 0 Å². The van der Waals surface area contributed by atoms with Crippen LogP contribution in [0.4, 0.5) is 5.95 Å². The Bertz CT molecular complexity index is 528. The zero-order valence-corrected chi connectivity index (χ0v) is 12.8. The molecule has 0 aliphatic rings. The lowest BCUT2D eigenvalue weighted by molar-refractivity contribution is 0.232. The molecule has 2 aromatic rings. The van der Waals surface area contributed by atoms with E-state index >= 15 is 0 Å². The van der Waals surface area contributed by atoms with Crippen LogP contribution in [-0.2, 0) is 12.8 Å². The molecule has 0 aliphatic heterocycles. The summed E-state index contributed by atoms with van der Waals surface area (Å²) >= 11 is 1.69. The van der Waals surface area contributed by atoms with Gasteiger partial charge in [-0.3, -0.25) is 0 Å². The van der Waals surface area contributed by atoms with Crippen LogP contribution in [0.15, 0.2) is 23.0 Å². The van der Waals surface area contributed by atoms with Gasteiger partial charge in [-0.1, -0.05) is 6.92 Å². The van der Waals surface area contributed by atoms with Crippen LogP contribution in [0.3, 0.4) is 0 Å². The molecule has 5 heteroatoms. The number of hydrogen-bond acceptors (Lipinski definition) is 5. The standard InChI is InChI=1S/C15H21N3OS/c1-3-14-11(2)7-16-15(18-14)17-8-13(9-19)6-12-4-5-20-10-12/h4-5,7,10,13,19H,3,6,8-9H2,1-2H3,(H,16,17,18)/t13-/m0/s1. The fraction of sp³-hybridized carbons (Fsp3) is 0.467. The third-order valence-electron chi connectivity index (χ3n) is 3.32. The monoisotopic (exact) mass is 291 g/mol. The Labute approximate surface area is 123 Å². The van der Waals surface area contributed by atoms with Crippen molar-refractivity contribution in [2.24, 2.45) is 5.92 Å². The quantitative estimate of drug-likeness (QED) is 0.823. The van der Waals surface area contributed by atoms with Gasteiger partial charge in [0.25, 0.3) is 0 Å². The Kier molecular flexibility index (Phi) is 5.49. The first-order valence-corrected chi connectivity index (χ1v) is 7.85. The molecule has 2 heterocycles. The first-order chi connectivity index (χ1) is 9.72. The molecule has 20 heavy (non-hydrogen) atoms. The summed E-state index contributed by atoms with van der Waals surface area (Å²) in [6.45, 7) is 4.95. The summed E-state index contributed by atoms with van der Waals surface area (Å²) in [5, 5.41) is 16.9. The fourth-order valence-corrected chi connectivity index (χ4v) is 2.78. The van der Waals surface area contributed by atoms with E-state index in [9.17, 15) is 5.11 Å². The van der Waals surface area contributed by atoms with E-state index in [4.69, 9.17) is 0 Å². The maximum atomic E-state index is 9.47. The van der Waals surface area contributed by atoms with E-state index in [1.54, 1.807) is 11.3 Å². The maximum Gasteiger partial charge on any atom is 0.222 e. The minimum absolute atomic E-state index is 0.162. The molecule has 0 radical (unpaired) electrons. The second-order valence-corrected chi connectivity index (χ2v) is 5.72. The molecule has 1 atom stereocenters. The summed E-state index contributed by atoms with van der Waals surface area (Å²) in [6, 6.07) is 2.10. The third-order valence-corrected chi connectivity index (χ3v) is 4.06. The molecule has 108 valence electrons. The number of nitrogens with one attached hydrogen (secondary N) is 1. The van der Waals surface area contributed by atoms with Crippen LogP contribution in [0.2, 0.25) is 0 Å². The molecule has 2 aromatic heterocycles. The third kappa shape index (κ3) is 4.02. The number of nitrogens with zero attached hydrogens (tertiary/aromatic N) is 2. The number of aliphatic hydroxyl groups excluding tert-OH is 1. The number of aryl methyl sites for hydroxylation is 2. The molecule has 0 bridgehead atoms. The van der Waals surface area contributed by atoms with Crippen molar-refractivity contribution in [3.63, 3.8) is 0 Å². The van der Waals surface area contributed by atoms with E-state index in [2.05, 4.69) is 39.0 Å². The van der Waals surface area contributed by atoms with Gasteiger partial charge in [-0.25, -0.2) is 9.97 Å². The van der Waals surface area contributed by atoms with Crippen molar-refractivity contribution in [2.75, 3.05) is 18.5 Å². The Morgan fingerprint density at radius 3 is 2.95 bits per heavy atom. The molecular weight excluding hydrogens is 270 g/mol. The zero-order chi connectivity index (χ0) is 14.4. The van der Waals surface area contributed by atoms with Crippen LogP contribution in [-0.4, -0.2) is 28.2 Å². The normalized spacial score (nSPS) is 12.3. The van der Waals surface area contributed by atoms with Crippen LogP contribution in [0.1, 0.15) is 23.7 Å². The van der Waals surface area contributed by atoms with Gasteiger partial charge in [0.1, 0.15) is 0 Å². The van der Waals surface area contributed by atoms with Gasteiger partial charge in [0.2, 0.25) is 5.95 Å². The predicted octanol–water partition coefficient (Wildman–Crippen LogP) is 2.67. The van der Waals surface area contributed by atoms with Crippen molar-refractivity contribution < 1.29 is 5.11 Å². The van der Waals surface area contributed by atoms with Crippen molar-refractivity contribution in [3.8, 4) is 0 Å². The molecule has 0 spiro atoms. The Morgan fingerprint density at radius 2 is 2.30 bits per heavy atom. The first kappa shape index (κ1) is 14.9. The summed E-state index contributed by atoms with van der Waals surface area (Å²) in [6.07, 6.45) is 3.63. The number of rotatable bonds is 7. The van der Waals surface area contributed by atoms with Gasteiger partial charge in [-0.15, -0.1) is 0 Å². The average molecular weight is 291 g/mol. The van der Waals surface area contributed by atoms with E-state index in [0.717, 1.165) is 24.1 Å². The van der Waals surface area contributed by atoms with Crippen molar-refractivity contribution in [1.29, 1.82) is 0 Å². The lowest BCUT2D eigenvalue weighted by Crippen LogP contribution is -2.21. The second kappa shape index (κ2) is 7.36. The molecule has 2 rings (SSSR count). The van der Waals surface area contributed by atoms with Crippen molar-refractivity contribution >= 4 is 17.3 Å². The van der Waals surface area contributed by atoms with Gasteiger partial charge < -0.3 is 10.4 Å². The van der Waals surface area contributed by atoms with E-state index in [1.165, 1.54) is 5.56 Å². The van der Waals surface area contributed by atoms with Crippen molar-refractivity contribution in [2.45, 2.75) is 26.7 Å². The molecule has 0 aromatic carbocycles. The van der Waals surface area contributed by atoms with Crippen LogP contribution in [0.5, 0.6) is 0 Å². The minimum atomic E-state index is 0.162. The number of anilines is 1. The number of thiophene rings is 1. The Balaban J connectivity index is 1.92. The highest BCUT2D eigenvalue weighted by Gasteiger charge is 2.10. The van der Waals surface area contributed by atoms with Crippen molar-refractivity contribution in [1.82, 2.24) is 9.97 Å². The highest BCUT2D eigenvalue weighted by molar-refractivity contribution is 7.07. The van der Waals surface area contributed by atoms with Crippen LogP contribution in [0.25, 0.3) is 0 Å².